The van der Waals surface area contributed by atoms with Crippen LogP contribution in [0, 0.1) is 12.8 Å². The van der Waals surface area contributed by atoms with Gasteiger partial charge in [-0.15, -0.1) is 11.3 Å². The van der Waals surface area contributed by atoms with Crippen molar-refractivity contribution in [3.05, 3.63) is 16.8 Å². The van der Waals surface area contributed by atoms with Gasteiger partial charge < -0.3 is 5.32 Å². The molecule has 1 aliphatic carbocycles. The Bertz CT molecular complexity index is 758. The van der Waals surface area contributed by atoms with Gasteiger partial charge in [0, 0.05) is 16.3 Å². The van der Waals surface area contributed by atoms with E-state index in [9.17, 15) is 4.79 Å². The Morgan fingerprint density at radius 1 is 1.40 bits per heavy atom. The molecule has 0 saturated heterocycles. The van der Waals surface area contributed by atoms with E-state index in [2.05, 4.69) is 35.2 Å². The van der Waals surface area contributed by atoms with Gasteiger partial charge in [0.2, 0.25) is 5.91 Å². The number of thioether (sulfide) groups is 1. The Hall–Kier alpha value is -1.14. The quantitative estimate of drug-likeness (QED) is 0.604. The van der Waals surface area contributed by atoms with Crippen LogP contribution in [0.2, 0.25) is 0 Å². The van der Waals surface area contributed by atoms with E-state index in [1.807, 2.05) is 13.8 Å². The van der Waals surface area contributed by atoms with Gasteiger partial charge in [-0.3, -0.25) is 4.79 Å². The maximum absolute atomic E-state index is 12.7. The van der Waals surface area contributed by atoms with Crippen LogP contribution in [-0.2, 0) is 11.2 Å². The molecule has 2 aromatic heterocycles. The van der Waals surface area contributed by atoms with Crippen LogP contribution in [-0.4, -0.2) is 27.2 Å². The Morgan fingerprint density at radius 2 is 2.16 bits per heavy atom. The summed E-state index contributed by atoms with van der Waals surface area (Å²) in [5.74, 6) is 1.47. The molecule has 1 aliphatic rings. The third-order valence-corrected chi connectivity index (χ3v) is 7.24. The van der Waals surface area contributed by atoms with Crippen LogP contribution in [0.25, 0.3) is 10.2 Å². The third-order valence-electron chi connectivity index (χ3n) is 4.97. The lowest BCUT2D eigenvalue weighted by molar-refractivity contribution is -0.121. The Balaban J connectivity index is 1.73. The lowest BCUT2D eigenvalue weighted by Crippen LogP contribution is -2.44. The summed E-state index contributed by atoms with van der Waals surface area (Å²) in [5.41, 5.74) is 0. The Labute approximate surface area is 158 Å². The van der Waals surface area contributed by atoms with Gasteiger partial charge in [0.15, 0.2) is 0 Å². The molecular weight excluding hydrogens is 350 g/mol. The number of carbonyl (C=O) groups excluding carboxylic acids is 1. The average Bonchev–Trinajstić information content (AvgIpc) is 3.00. The molecular formula is C19H27N3OS2. The van der Waals surface area contributed by atoms with Crippen LogP contribution in [0.1, 0.15) is 57.2 Å². The molecule has 1 fully saturated rings. The molecule has 3 rings (SSSR count). The van der Waals surface area contributed by atoms with Crippen molar-refractivity contribution in [2.24, 2.45) is 5.92 Å². The van der Waals surface area contributed by atoms with E-state index < -0.39 is 0 Å². The van der Waals surface area contributed by atoms with E-state index >= 15 is 0 Å². The highest BCUT2D eigenvalue weighted by Gasteiger charge is 2.26. The molecule has 3 atom stereocenters. The number of aryl methyl sites for hydroxylation is 2. The first-order chi connectivity index (χ1) is 12.0. The van der Waals surface area contributed by atoms with E-state index in [1.165, 1.54) is 24.1 Å². The summed E-state index contributed by atoms with van der Waals surface area (Å²) >= 11 is 3.28. The normalized spacial score (nSPS) is 22.1. The second-order valence-corrected chi connectivity index (χ2v) is 9.44. The van der Waals surface area contributed by atoms with Gasteiger partial charge in [0.25, 0.3) is 0 Å². The minimum atomic E-state index is -0.156. The number of hydrogen-bond acceptors (Lipinski definition) is 5. The van der Waals surface area contributed by atoms with Gasteiger partial charge in [0.05, 0.1) is 5.25 Å². The number of nitrogens with one attached hydrogen (secondary N) is 1. The minimum Gasteiger partial charge on any atom is -0.352 e. The van der Waals surface area contributed by atoms with Crippen LogP contribution in [0.3, 0.4) is 0 Å². The van der Waals surface area contributed by atoms with Gasteiger partial charge in [-0.05, 0) is 45.1 Å². The zero-order valence-electron chi connectivity index (χ0n) is 15.5. The van der Waals surface area contributed by atoms with Gasteiger partial charge in [-0.25, -0.2) is 9.97 Å². The summed E-state index contributed by atoms with van der Waals surface area (Å²) in [5, 5.41) is 5.13. The van der Waals surface area contributed by atoms with Crippen LogP contribution in [0.5, 0.6) is 0 Å². The van der Waals surface area contributed by atoms with Crippen molar-refractivity contribution in [1.82, 2.24) is 15.3 Å². The van der Waals surface area contributed by atoms with Crippen molar-refractivity contribution < 1.29 is 4.79 Å². The standard InChI is InChI=1S/C19H27N3OS2/c1-5-14-10-15-18(20-13(4)21-19(15)25-14)24-12(3)17(23)22-16-9-7-6-8-11(16)2/h10-12,16H,5-9H2,1-4H3,(H,22,23). The number of carbonyl (C=O) groups is 1. The fourth-order valence-corrected chi connectivity index (χ4v) is 5.42. The number of nitrogens with zero attached hydrogens (tertiary/aromatic N) is 2. The number of aromatic nitrogens is 2. The predicted octanol–water partition coefficient (Wildman–Crippen LogP) is 4.74. The first kappa shape index (κ1) is 18.6. The maximum Gasteiger partial charge on any atom is 0.233 e. The monoisotopic (exact) mass is 377 g/mol. The summed E-state index contributed by atoms with van der Waals surface area (Å²) in [6.45, 7) is 8.29. The lowest BCUT2D eigenvalue weighted by Gasteiger charge is -2.30. The molecule has 1 amide bonds. The molecule has 0 radical (unpaired) electrons. The number of fused-ring (bicyclic) bond motifs is 1. The van der Waals surface area contributed by atoms with Gasteiger partial charge in [-0.2, -0.15) is 0 Å². The molecule has 0 aromatic carbocycles. The molecule has 2 aromatic rings. The largest absolute Gasteiger partial charge is 0.352 e. The summed E-state index contributed by atoms with van der Waals surface area (Å²) in [7, 11) is 0. The molecule has 1 saturated carbocycles. The number of rotatable bonds is 5. The highest BCUT2D eigenvalue weighted by atomic mass is 32.2. The fourth-order valence-electron chi connectivity index (χ4n) is 3.36. The second kappa shape index (κ2) is 8.04. The van der Waals surface area contributed by atoms with Crippen LogP contribution >= 0.6 is 23.1 Å². The van der Waals surface area contributed by atoms with Gasteiger partial charge >= 0.3 is 0 Å². The predicted molar refractivity (Wildman–Crippen MR) is 106 cm³/mol. The van der Waals surface area contributed by atoms with E-state index in [1.54, 1.807) is 23.1 Å². The number of hydrogen-bond donors (Lipinski definition) is 1. The van der Waals surface area contributed by atoms with Crippen LogP contribution in [0.15, 0.2) is 11.1 Å². The van der Waals surface area contributed by atoms with Crippen molar-refractivity contribution in [1.29, 1.82) is 0 Å². The first-order valence-corrected chi connectivity index (χ1v) is 10.9. The topological polar surface area (TPSA) is 54.9 Å². The molecule has 3 unspecified atom stereocenters. The highest BCUT2D eigenvalue weighted by Crippen LogP contribution is 2.34. The van der Waals surface area contributed by atoms with Crippen molar-refractivity contribution in [3.8, 4) is 0 Å². The SMILES string of the molecule is CCc1cc2c(SC(C)C(=O)NC3CCCCC3C)nc(C)nc2s1. The zero-order chi connectivity index (χ0) is 18.0. The molecule has 4 nitrogen and oxygen atoms in total. The summed E-state index contributed by atoms with van der Waals surface area (Å²) in [6.07, 6.45) is 5.82. The molecule has 6 heteroatoms. The summed E-state index contributed by atoms with van der Waals surface area (Å²) in [4.78, 5) is 24.2. The van der Waals surface area contributed by atoms with E-state index in [-0.39, 0.29) is 11.2 Å². The Kier molecular flexibility index (Phi) is 6.00. The fraction of sp³-hybridized carbons (Fsp3) is 0.632. The Morgan fingerprint density at radius 3 is 2.88 bits per heavy atom. The van der Waals surface area contributed by atoms with Crippen LogP contribution < -0.4 is 5.32 Å². The molecule has 0 spiro atoms. The third kappa shape index (κ3) is 4.34. The van der Waals surface area contributed by atoms with Crippen molar-refractivity contribution in [2.45, 2.75) is 76.1 Å². The lowest BCUT2D eigenvalue weighted by atomic mass is 9.86. The molecule has 1 N–H and O–H groups in total. The summed E-state index contributed by atoms with van der Waals surface area (Å²) in [6, 6.07) is 2.50. The van der Waals surface area contributed by atoms with Crippen molar-refractivity contribution >= 4 is 39.2 Å². The number of amides is 1. The van der Waals surface area contributed by atoms with E-state index in [0.29, 0.717) is 12.0 Å². The van der Waals surface area contributed by atoms with E-state index in [0.717, 1.165) is 33.9 Å². The summed E-state index contributed by atoms with van der Waals surface area (Å²) < 4.78 is 0. The molecule has 25 heavy (non-hydrogen) atoms. The molecule has 0 bridgehead atoms. The number of thiophene rings is 1. The average molecular weight is 378 g/mol. The van der Waals surface area contributed by atoms with Gasteiger partial charge in [-0.1, -0.05) is 38.5 Å². The zero-order valence-corrected chi connectivity index (χ0v) is 17.1. The molecule has 2 heterocycles. The van der Waals surface area contributed by atoms with Crippen LogP contribution in [0.4, 0.5) is 0 Å². The highest BCUT2D eigenvalue weighted by molar-refractivity contribution is 8.00. The minimum absolute atomic E-state index is 0.124. The second-order valence-electron chi connectivity index (χ2n) is 7.00. The van der Waals surface area contributed by atoms with E-state index in [4.69, 9.17) is 0 Å². The van der Waals surface area contributed by atoms with Crippen molar-refractivity contribution in [3.63, 3.8) is 0 Å². The molecule has 136 valence electrons. The smallest absolute Gasteiger partial charge is 0.233 e. The maximum atomic E-state index is 12.7. The molecule has 0 aliphatic heterocycles. The first-order valence-electron chi connectivity index (χ1n) is 9.22. The van der Waals surface area contributed by atoms with Gasteiger partial charge in [0.1, 0.15) is 15.7 Å². The van der Waals surface area contributed by atoms with Crippen molar-refractivity contribution in [2.75, 3.05) is 0 Å².